The van der Waals surface area contributed by atoms with Crippen molar-refractivity contribution in [2.24, 2.45) is 0 Å². The number of halogens is 2. The fraction of sp³-hybridized carbons (Fsp3) is 0.167. The smallest absolute Gasteiger partial charge is 0.169 e. The number of benzene rings is 1. The minimum Gasteiger partial charge on any atom is -0.397 e. The molecule has 1 heterocycles. The van der Waals surface area contributed by atoms with Crippen LogP contribution in [0, 0.1) is 12.7 Å². The van der Waals surface area contributed by atoms with Gasteiger partial charge in [-0.25, -0.2) is 4.39 Å². The number of hydrogen-bond acceptors (Lipinski definition) is 4. The topological polar surface area (TPSA) is 64.1 Å². The molecule has 0 aliphatic carbocycles. The van der Waals surface area contributed by atoms with E-state index in [2.05, 4.69) is 5.32 Å². The Labute approximate surface area is 114 Å². The molecule has 1 aromatic carbocycles. The van der Waals surface area contributed by atoms with Crippen LogP contribution in [0.2, 0.25) is 5.02 Å². The van der Waals surface area contributed by atoms with Gasteiger partial charge in [-0.15, -0.1) is 11.3 Å². The first-order valence-corrected chi connectivity index (χ1v) is 6.56. The minimum atomic E-state index is -0.608. The molecule has 0 saturated carbocycles. The monoisotopic (exact) mass is 285 g/mol. The van der Waals surface area contributed by atoms with Gasteiger partial charge in [0.05, 0.1) is 17.1 Å². The Morgan fingerprint density at radius 2 is 2.11 bits per heavy atom. The van der Waals surface area contributed by atoms with Gasteiger partial charge in [0.1, 0.15) is 5.02 Å². The molecule has 6 heteroatoms. The number of nitrogens with two attached hydrogens (primary N) is 2. The van der Waals surface area contributed by atoms with Gasteiger partial charge >= 0.3 is 0 Å². The standard InChI is InChI=1S/C12H13ClFN3S/c1-6-2-3-18-9(6)5-17-12-8(16)4-7(15)10(13)11(12)14/h2-4,17H,5,15-16H2,1H3. The Kier molecular flexibility index (Phi) is 3.63. The summed E-state index contributed by atoms with van der Waals surface area (Å²) in [5.41, 5.74) is 13.0. The molecule has 0 atom stereocenters. The molecule has 2 rings (SSSR count). The zero-order valence-corrected chi connectivity index (χ0v) is 11.3. The Morgan fingerprint density at radius 3 is 2.72 bits per heavy atom. The van der Waals surface area contributed by atoms with Crippen molar-refractivity contribution in [3.8, 4) is 0 Å². The Bertz CT molecular complexity index is 583. The molecule has 96 valence electrons. The number of thiophene rings is 1. The Hall–Kier alpha value is -1.46. The van der Waals surface area contributed by atoms with Crippen molar-refractivity contribution in [1.82, 2.24) is 0 Å². The molecule has 0 spiro atoms. The second-order valence-corrected chi connectivity index (χ2v) is 5.32. The van der Waals surface area contributed by atoms with E-state index in [4.69, 9.17) is 23.1 Å². The molecule has 0 unspecified atom stereocenters. The van der Waals surface area contributed by atoms with Crippen molar-refractivity contribution < 1.29 is 4.39 Å². The molecule has 2 aromatic rings. The van der Waals surface area contributed by atoms with Gasteiger partial charge in [0.15, 0.2) is 5.82 Å². The molecule has 5 N–H and O–H groups in total. The Balaban J connectivity index is 2.25. The maximum atomic E-state index is 13.9. The molecule has 0 fully saturated rings. The first-order valence-electron chi connectivity index (χ1n) is 5.30. The van der Waals surface area contributed by atoms with Crippen molar-refractivity contribution in [3.05, 3.63) is 38.8 Å². The van der Waals surface area contributed by atoms with E-state index in [9.17, 15) is 4.39 Å². The third-order valence-electron chi connectivity index (χ3n) is 2.66. The highest BCUT2D eigenvalue weighted by Crippen LogP contribution is 2.34. The van der Waals surface area contributed by atoms with Crippen LogP contribution in [0.1, 0.15) is 10.4 Å². The normalized spacial score (nSPS) is 10.6. The fourth-order valence-electron chi connectivity index (χ4n) is 1.60. The summed E-state index contributed by atoms with van der Waals surface area (Å²) >= 11 is 7.36. The molecule has 0 saturated heterocycles. The first kappa shape index (κ1) is 13.0. The predicted molar refractivity (Wildman–Crippen MR) is 76.6 cm³/mol. The lowest BCUT2D eigenvalue weighted by atomic mass is 10.2. The average Bonchev–Trinajstić information content (AvgIpc) is 2.72. The largest absolute Gasteiger partial charge is 0.397 e. The lowest BCUT2D eigenvalue weighted by Gasteiger charge is -2.12. The molecular weight excluding hydrogens is 273 g/mol. The molecular formula is C12H13ClFN3S. The van der Waals surface area contributed by atoms with Gasteiger partial charge in [-0.1, -0.05) is 11.6 Å². The van der Waals surface area contributed by atoms with E-state index in [0.29, 0.717) is 6.54 Å². The van der Waals surface area contributed by atoms with Crippen LogP contribution in [0.4, 0.5) is 21.5 Å². The number of nitrogen functional groups attached to an aromatic ring is 2. The summed E-state index contributed by atoms with van der Waals surface area (Å²) in [5.74, 6) is -0.608. The first-order chi connectivity index (χ1) is 8.50. The SMILES string of the molecule is Cc1ccsc1CNc1c(N)cc(N)c(Cl)c1F. The van der Waals surface area contributed by atoms with Crippen LogP contribution < -0.4 is 16.8 Å². The summed E-state index contributed by atoms with van der Waals surface area (Å²) in [6, 6.07) is 3.46. The molecule has 0 aliphatic heterocycles. The van der Waals surface area contributed by atoms with Gasteiger partial charge in [0.25, 0.3) is 0 Å². The quantitative estimate of drug-likeness (QED) is 0.755. The van der Waals surface area contributed by atoms with Crippen molar-refractivity contribution in [3.63, 3.8) is 0 Å². The van der Waals surface area contributed by atoms with Gasteiger partial charge in [0.2, 0.25) is 0 Å². The molecule has 3 nitrogen and oxygen atoms in total. The molecule has 0 bridgehead atoms. The van der Waals surface area contributed by atoms with E-state index in [0.717, 1.165) is 10.4 Å². The summed E-state index contributed by atoms with van der Waals surface area (Å²) in [5, 5.41) is 4.85. The molecule has 1 aromatic heterocycles. The highest BCUT2D eigenvalue weighted by atomic mass is 35.5. The number of anilines is 3. The van der Waals surface area contributed by atoms with E-state index in [-0.39, 0.29) is 22.1 Å². The van der Waals surface area contributed by atoms with Crippen LogP contribution in [0.3, 0.4) is 0 Å². The summed E-state index contributed by atoms with van der Waals surface area (Å²) < 4.78 is 13.9. The van der Waals surface area contributed by atoms with E-state index < -0.39 is 5.82 Å². The summed E-state index contributed by atoms with van der Waals surface area (Å²) in [6.45, 7) is 2.51. The summed E-state index contributed by atoms with van der Waals surface area (Å²) in [7, 11) is 0. The molecule has 0 radical (unpaired) electrons. The third-order valence-corrected chi connectivity index (χ3v) is 4.07. The maximum Gasteiger partial charge on any atom is 0.169 e. The minimum absolute atomic E-state index is 0.102. The van der Waals surface area contributed by atoms with Crippen LogP contribution in [-0.2, 0) is 6.54 Å². The highest BCUT2D eigenvalue weighted by Gasteiger charge is 2.14. The van der Waals surface area contributed by atoms with Crippen molar-refractivity contribution >= 4 is 40.0 Å². The lowest BCUT2D eigenvalue weighted by Crippen LogP contribution is -2.06. The summed E-state index contributed by atoms with van der Waals surface area (Å²) in [4.78, 5) is 1.13. The van der Waals surface area contributed by atoms with Crippen molar-refractivity contribution in [2.75, 3.05) is 16.8 Å². The lowest BCUT2D eigenvalue weighted by molar-refractivity contribution is 0.632. The van der Waals surface area contributed by atoms with Gasteiger partial charge in [0, 0.05) is 11.4 Å². The van der Waals surface area contributed by atoms with Crippen molar-refractivity contribution in [2.45, 2.75) is 13.5 Å². The van der Waals surface area contributed by atoms with E-state index >= 15 is 0 Å². The maximum absolute atomic E-state index is 13.9. The van der Waals surface area contributed by atoms with Crippen LogP contribution in [0.15, 0.2) is 17.5 Å². The van der Waals surface area contributed by atoms with Gasteiger partial charge in [-0.3, -0.25) is 0 Å². The van der Waals surface area contributed by atoms with E-state index in [1.54, 1.807) is 11.3 Å². The molecule has 0 amide bonds. The number of hydrogen-bond donors (Lipinski definition) is 3. The van der Waals surface area contributed by atoms with Crippen LogP contribution in [0.5, 0.6) is 0 Å². The van der Waals surface area contributed by atoms with Gasteiger partial charge in [-0.05, 0) is 30.0 Å². The highest BCUT2D eigenvalue weighted by molar-refractivity contribution is 7.10. The summed E-state index contributed by atoms with van der Waals surface area (Å²) in [6.07, 6.45) is 0. The van der Waals surface area contributed by atoms with E-state index in [1.807, 2.05) is 18.4 Å². The van der Waals surface area contributed by atoms with Crippen LogP contribution in [0.25, 0.3) is 0 Å². The van der Waals surface area contributed by atoms with Gasteiger partial charge in [-0.2, -0.15) is 0 Å². The van der Waals surface area contributed by atoms with Crippen LogP contribution in [-0.4, -0.2) is 0 Å². The zero-order valence-electron chi connectivity index (χ0n) is 9.76. The second-order valence-electron chi connectivity index (χ2n) is 3.94. The number of nitrogens with one attached hydrogen (secondary N) is 1. The molecule has 0 aliphatic rings. The van der Waals surface area contributed by atoms with Gasteiger partial charge < -0.3 is 16.8 Å². The fourth-order valence-corrected chi connectivity index (χ4v) is 2.59. The number of aryl methyl sites for hydroxylation is 1. The van der Waals surface area contributed by atoms with Crippen molar-refractivity contribution in [1.29, 1.82) is 0 Å². The van der Waals surface area contributed by atoms with Crippen LogP contribution >= 0.6 is 22.9 Å². The number of rotatable bonds is 3. The predicted octanol–water partition coefficient (Wildman–Crippen LogP) is 3.63. The van der Waals surface area contributed by atoms with E-state index in [1.165, 1.54) is 6.07 Å². The third kappa shape index (κ3) is 2.37. The average molecular weight is 286 g/mol. The Morgan fingerprint density at radius 1 is 1.39 bits per heavy atom. The zero-order chi connectivity index (χ0) is 13.3. The molecule has 18 heavy (non-hydrogen) atoms. The second kappa shape index (κ2) is 5.04.